The molecule has 0 saturated heterocycles. The van der Waals surface area contributed by atoms with E-state index in [0.29, 0.717) is 0 Å². The van der Waals surface area contributed by atoms with Gasteiger partial charge in [-0.3, -0.25) is 0 Å². The molecule has 0 aliphatic carbocycles. The Morgan fingerprint density at radius 3 is 2.08 bits per heavy atom. The molecule has 0 aliphatic heterocycles. The summed E-state index contributed by atoms with van der Waals surface area (Å²) in [6, 6.07) is 0.415. The maximum atomic E-state index is 5.88. The van der Waals surface area contributed by atoms with Crippen LogP contribution in [-0.2, 0) is 0 Å². The van der Waals surface area contributed by atoms with Crippen molar-refractivity contribution in [3.8, 4) is 0 Å². The molecule has 2 atom stereocenters. The minimum absolute atomic E-state index is 0.201. The van der Waals surface area contributed by atoms with Crippen molar-refractivity contribution in [2.45, 2.75) is 64.5 Å². The van der Waals surface area contributed by atoms with E-state index < -0.39 is 0 Å². The number of unbranched alkanes of at least 4 members (excludes halogenated alkanes) is 3. The lowest BCUT2D eigenvalue weighted by molar-refractivity contribution is 0.460. The van der Waals surface area contributed by atoms with Crippen LogP contribution in [0.25, 0.3) is 0 Å². The summed E-state index contributed by atoms with van der Waals surface area (Å²) >= 11 is 0. The summed E-state index contributed by atoms with van der Waals surface area (Å²) in [5.41, 5.74) is 11.7. The summed E-state index contributed by atoms with van der Waals surface area (Å²) in [7, 11) is 0. The molecule has 12 heavy (non-hydrogen) atoms. The van der Waals surface area contributed by atoms with Gasteiger partial charge < -0.3 is 11.5 Å². The van der Waals surface area contributed by atoms with Crippen LogP contribution in [0.2, 0.25) is 0 Å². The molecule has 0 spiro atoms. The number of rotatable bonds is 7. The van der Waals surface area contributed by atoms with Gasteiger partial charge in [-0.15, -0.1) is 0 Å². The smallest absolute Gasteiger partial charge is 0.0192 e. The fourth-order valence-electron chi connectivity index (χ4n) is 1.32. The summed E-state index contributed by atoms with van der Waals surface area (Å²) in [6.45, 7) is 4.31. The third-order valence-electron chi connectivity index (χ3n) is 2.41. The second kappa shape index (κ2) is 7.56. The third kappa shape index (κ3) is 5.56. The van der Waals surface area contributed by atoms with E-state index in [1.807, 2.05) is 0 Å². The summed E-state index contributed by atoms with van der Waals surface area (Å²) in [5.74, 6) is 0. The molecule has 4 N–H and O–H groups in total. The predicted molar refractivity (Wildman–Crippen MR) is 55.0 cm³/mol. The molecule has 0 aliphatic rings. The van der Waals surface area contributed by atoms with Gasteiger partial charge in [0.15, 0.2) is 0 Å². The van der Waals surface area contributed by atoms with E-state index in [2.05, 4.69) is 13.8 Å². The van der Waals surface area contributed by atoms with E-state index in [1.165, 1.54) is 25.7 Å². The minimum Gasteiger partial charge on any atom is -0.326 e. The third-order valence-corrected chi connectivity index (χ3v) is 2.41. The minimum atomic E-state index is 0.201. The van der Waals surface area contributed by atoms with Crippen molar-refractivity contribution in [2.24, 2.45) is 11.5 Å². The Hall–Kier alpha value is -0.0800. The van der Waals surface area contributed by atoms with Crippen LogP contribution in [-0.4, -0.2) is 12.1 Å². The average Bonchev–Trinajstić information content (AvgIpc) is 2.10. The van der Waals surface area contributed by atoms with Gasteiger partial charge in [0.05, 0.1) is 0 Å². The second-order valence-electron chi connectivity index (χ2n) is 3.59. The van der Waals surface area contributed by atoms with E-state index in [0.717, 1.165) is 12.8 Å². The Bertz CT molecular complexity index is 93.8. The van der Waals surface area contributed by atoms with Crippen LogP contribution in [0.4, 0.5) is 0 Å². The molecule has 0 aromatic carbocycles. The largest absolute Gasteiger partial charge is 0.326 e. The van der Waals surface area contributed by atoms with Crippen LogP contribution in [0.1, 0.15) is 52.4 Å². The summed E-state index contributed by atoms with van der Waals surface area (Å²) in [5, 5.41) is 0. The van der Waals surface area contributed by atoms with Crippen molar-refractivity contribution in [2.75, 3.05) is 0 Å². The first-order chi connectivity index (χ1) is 5.72. The van der Waals surface area contributed by atoms with Crippen molar-refractivity contribution < 1.29 is 0 Å². The van der Waals surface area contributed by atoms with Gasteiger partial charge in [0.25, 0.3) is 0 Å². The van der Waals surface area contributed by atoms with E-state index in [4.69, 9.17) is 11.5 Å². The van der Waals surface area contributed by atoms with E-state index in [1.54, 1.807) is 0 Å². The molecule has 0 aromatic heterocycles. The summed E-state index contributed by atoms with van der Waals surface area (Å²) in [6.07, 6.45) is 7.25. The summed E-state index contributed by atoms with van der Waals surface area (Å²) in [4.78, 5) is 0. The van der Waals surface area contributed by atoms with Gasteiger partial charge in [0, 0.05) is 12.1 Å². The van der Waals surface area contributed by atoms with Crippen molar-refractivity contribution in [3.63, 3.8) is 0 Å². The molecule has 2 unspecified atom stereocenters. The Balaban J connectivity index is 3.24. The standard InChI is InChI=1S/C10H24N2/c1-3-5-6-7-8-10(12)9(11)4-2/h9-10H,3-8,11-12H2,1-2H3. The van der Waals surface area contributed by atoms with Gasteiger partial charge in [-0.05, 0) is 12.8 Å². The molecule has 0 aromatic rings. The highest BCUT2D eigenvalue weighted by atomic mass is 14.8. The first-order valence-electron chi connectivity index (χ1n) is 5.23. The second-order valence-corrected chi connectivity index (χ2v) is 3.59. The first-order valence-corrected chi connectivity index (χ1v) is 5.23. The molecular formula is C10H24N2. The average molecular weight is 172 g/mol. The zero-order valence-electron chi connectivity index (χ0n) is 8.55. The zero-order chi connectivity index (χ0) is 9.40. The highest BCUT2D eigenvalue weighted by molar-refractivity contribution is 4.73. The van der Waals surface area contributed by atoms with Crippen LogP contribution in [0, 0.1) is 0 Å². The molecule has 0 saturated carbocycles. The summed E-state index contributed by atoms with van der Waals surface area (Å²) < 4.78 is 0. The highest BCUT2D eigenvalue weighted by Gasteiger charge is 2.09. The monoisotopic (exact) mass is 172 g/mol. The van der Waals surface area contributed by atoms with Crippen molar-refractivity contribution in [3.05, 3.63) is 0 Å². The lowest BCUT2D eigenvalue weighted by atomic mass is 10.0. The van der Waals surface area contributed by atoms with Gasteiger partial charge in [-0.25, -0.2) is 0 Å². The highest BCUT2D eigenvalue weighted by Crippen LogP contribution is 2.06. The van der Waals surface area contributed by atoms with Crippen LogP contribution < -0.4 is 11.5 Å². The van der Waals surface area contributed by atoms with E-state index in [9.17, 15) is 0 Å². The van der Waals surface area contributed by atoms with Crippen molar-refractivity contribution in [1.82, 2.24) is 0 Å². The molecule has 0 bridgehead atoms. The molecule has 2 heteroatoms. The lowest BCUT2D eigenvalue weighted by Crippen LogP contribution is -2.40. The number of hydrogen-bond acceptors (Lipinski definition) is 2. The normalized spacial score (nSPS) is 16.0. The molecule has 0 radical (unpaired) electrons. The Morgan fingerprint density at radius 1 is 0.917 bits per heavy atom. The van der Waals surface area contributed by atoms with Crippen LogP contribution in [0.3, 0.4) is 0 Å². The predicted octanol–water partition coefficient (Wildman–Crippen LogP) is 2.02. The Labute approximate surface area is 76.7 Å². The lowest BCUT2D eigenvalue weighted by Gasteiger charge is -2.17. The number of hydrogen-bond donors (Lipinski definition) is 2. The van der Waals surface area contributed by atoms with Crippen LogP contribution in [0.5, 0.6) is 0 Å². The van der Waals surface area contributed by atoms with Gasteiger partial charge >= 0.3 is 0 Å². The first kappa shape index (κ1) is 11.9. The SMILES string of the molecule is CCCCCCC(N)C(N)CC. The quantitative estimate of drug-likeness (QED) is 0.577. The van der Waals surface area contributed by atoms with Crippen LogP contribution in [0.15, 0.2) is 0 Å². The Morgan fingerprint density at radius 2 is 1.58 bits per heavy atom. The number of nitrogens with two attached hydrogens (primary N) is 2. The van der Waals surface area contributed by atoms with E-state index in [-0.39, 0.29) is 12.1 Å². The Kier molecular flexibility index (Phi) is 7.51. The zero-order valence-corrected chi connectivity index (χ0v) is 8.55. The maximum Gasteiger partial charge on any atom is 0.0192 e. The molecule has 0 fully saturated rings. The fraction of sp³-hybridized carbons (Fsp3) is 1.00. The topological polar surface area (TPSA) is 52.0 Å². The van der Waals surface area contributed by atoms with Crippen LogP contribution >= 0.6 is 0 Å². The maximum absolute atomic E-state index is 5.88. The molecule has 2 nitrogen and oxygen atoms in total. The van der Waals surface area contributed by atoms with Gasteiger partial charge in [0.1, 0.15) is 0 Å². The molecule has 74 valence electrons. The molecule has 0 amide bonds. The van der Waals surface area contributed by atoms with Crippen molar-refractivity contribution in [1.29, 1.82) is 0 Å². The van der Waals surface area contributed by atoms with E-state index >= 15 is 0 Å². The molecule has 0 heterocycles. The molecule has 0 rings (SSSR count). The van der Waals surface area contributed by atoms with Gasteiger partial charge in [-0.2, -0.15) is 0 Å². The fourth-order valence-corrected chi connectivity index (χ4v) is 1.32. The van der Waals surface area contributed by atoms with Gasteiger partial charge in [0.2, 0.25) is 0 Å². The molecular weight excluding hydrogens is 148 g/mol. The van der Waals surface area contributed by atoms with Gasteiger partial charge in [-0.1, -0.05) is 39.5 Å². The van der Waals surface area contributed by atoms with Crippen molar-refractivity contribution >= 4 is 0 Å².